The summed E-state index contributed by atoms with van der Waals surface area (Å²) in [5.74, 6) is -0.784. The number of rotatable bonds is 4. The lowest BCUT2D eigenvalue weighted by molar-refractivity contribution is -0.134. The Morgan fingerprint density at radius 3 is 2.56 bits per heavy atom. The van der Waals surface area contributed by atoms with E-state index in [1.807, 2.05) is 56.3 Å². The monoisotopic (exact) mass is 339 g/mol. The van der Waals surface area contributed by atoms with Crippen molar-refractivity contribution in [2.75, 3.05) is 6.54 Å². The van der Waals surface area contributed by atoms with Crippen LogP contribution in [0.15, 0.2) is 42.5 Å². The zero-order valence-electron chi connectivity index (χ0n) is 14.5. The van der Waals surface area contributed by atoms with Crippen molar-refractivity contribution in [1.82, 2.24) is 15.5 Å². The molecule has 25 heavy (non-hydrogen) atoms. The van der Waals surface area contributed by atoms with Gasteiger partial charge in [0.15, 0.2) is 0 Å². The SMILES string of the molecule is CC(C)NC(=O)CN1C(=O)N[C@@](C)(c2cccc3ccccc23)C1=O. The fraction of sp³-hybridized carbons (Fsp3) is 0.316. The summed E-state index contributed by atoms with van der Waals surface area (Å²) < 4.78 is 0. The summed E-state index contributed by atoms with van der Waals surface area (Å²) in [5.41, 5.74) is -0.480. The summed E-state index contributed by atoms with van der Waals surface area (Å²) in [5, 5.41) is 7.33. The molecule has 6 heteroatoms. The summed E-state index contributed by atoms with van der Waals surface area (Å²) in [4.78, 5) is 38.3. The molecule has 2 aromatic carbocycles. The van der Waals surface area contributed by atoms with Gasteiger partial charge in [-0.3, -0.25) is 14.5 Å². The van der Waals surface area contributed by atoms with Gasteiger partial charge in [-0.25, -0.2) is 4.79 Å². The molecule has 0 unspecified atom stereocenters. The molecule has 4 amide bonds. The normalized spacial score (nSPS) is 20.2. The molecule has 0 aromatic heterocycles. The molecule has 2 aromatic rings. The molecule has 1 aliphatic rings. The third-order valence-electron chi connectivity index (χ3n) is 4.35. The fourth-order valence-corrected chi connectivity index (χ4v) is 3.20. The van der Waals surface area contributed by atoms with Crippen molar-refractivity contribution in [2.24, 2.45) is 0 Å². The van der Waals surface area contributed by atoms with E-state index >= 15 is 0 Å². The number of fused-ring (bicyclic) bond motifs is 1. The highest BCUT2D eigenvalue weighted by Crippen LogP contribution is 2.33. The van der Waals surface area contributed by atoms with Crippen LogP contribution in [0.2, 0.25) is 0 Å². The van der Waals surface area contributed by atoms with Crippen LogP contribution in [0.4, 0.5) is 4.79 Å². The molecule has 3 rings (SSSR count). The first-order valence-electron chi connectivity index (χ1n) is 8.24. The molecule has 0 radical (unpaired) electrons. The van der Waals surface area contributed by atoms with Crippen LogP contribution in [-0.2, 0) is 15.1 Å². The van der Waals surface area contributed by atoms with Gasteiger partial charge < -0.3 is 10.6 Å². The van der Waals surface area contributed by atoms with Gasteiger partial charge in [0.25, 0.3) is 5.91 Å². The quantitative estimate of drug-likeness (QED) is 0.838. The predicted octanol–water partition coefficient (Wildman–Crippen LogP) is 2.13. The van der Waals surface area contributed by atoms with Crippen molar-refractivity contribution < 1.29 is 14.4 Å². The minimum Gasteiger partial charge on any atom is -0.352 e. The molecule has 1 fully saturated rings. The van der Waals surface area contributed by atoms with Crippen LogP contribution >= 0.6 is 0 Å². The zero-order valence-corrected chi connectivity index (χ0v) is 14.5. The van der Waals surface area contributed by atoms with E-state index < -0.39 is 17.5 Å². The number of benzene rings is 2. The van der Waals surface area contributed by atoms with Crippen molar-refractivity contribution in [3.05, 3.63) is 48.0 Å². The van der Waals surface area contributed by atoms with E-state index in [0.717, 1.165) is 21.2 Å². The van der Waals surface area contributed by atoms with Crippen LogP contribution in [0.3, 0.4) is 0 Å². The number of imide groups is 1. The molecular formula is C19H21N3O3. The summed E-state index contributed by atoms with van der Waals surface area (Å²) in [6, 6.07) is 12.7. The van der Waals surface area contributed by atoms with Gasteiger partial charge in [-0.2, -0.15) is 0 Å². The summed E-state index contributed by atoms with van der Waals surface area (Å²) in [7, 11) is 0. The number of nitrogens with one attached hydrogen (secondary N) is 2. The van der Waals surface area contributed by atoms with Crippen molar-refractivity contribution >= 4 is 28.6 Å². The average molecular weight is 339 g/mol. The lowest BCUT2D eigenvalue weighted by Gasteiger charge is -2.24. The second kappa shape index (κ2) is 6.20. The van der Waals surface area contributed by atoms with Crippen molar-refractivity contribution in [2.45, 2.75) is 32.4 Å². The molecule has 130 valence electrons. The maximum absolute atomic E-state index is 13.0. The van der Waals surface area contributed by atoms with Crippen LogP contribution in [0, 0.1) is 0 Å². The highest BCUT2D eigenvalue weighted by molar-refractivity contribution is 6.10. The van der Waals surface area contributed by atoms with Gasteiger partial charge in [0.1, 0.15) is 12.1 Å². The Morgan fingerprint density at radius 2 is 1.84 bits per heavy atom. The van der Waals surface area contributed by atoms with Crippen LogP contribution in [0.25, 0.3) is 10.8 Å². The minimum absolute atomic E-state index is 0.0577. The first-order chi connectivity index (χ1) is 11.8. The van der Waals surface area contributed by atoms with Gasteiger partial charge in [0.05, 0.1) is 0 Å². The number of hydrogen-bond acceptors (Lipinski definition) is 3. The molecule has 2 N–H and O–H groups in total. The third-order valence-corrected chi connectivity index (χ3v) is 4.35. The number of nitrogens with zero attached hydrogens (tertiary/aromatic N) is 1. The molecule has 0 spiro atoms. The van der Waals surface area contributed by atoms with E-state index in [0.29, 0.717) is 0 Å². The van der Waals surface area contributed by atoms with Gasteiger partial charge in [-0.1, -0.05) is 42.5 Å². The number of urea groups is 1. The zero-order chi connectivity index (χ0) is 18.2. The summed E-state index contributed by atoms with van der Waals surface area (Å²) in [6.07, 6.45) is 0. The Kier molecular flexibility index (Phi) is 4.20. The molecule has 6 nitrogen and oxygen atoms in total. The molecule has 1 aliphatic heterocycles. The van der Waals surface area contributed by atoms with E-state index in [1.165, 1.54) is 0 Å². The molecule has 0 bridgehead atoms. The Morgan fingerprint density at radius 1 is 1.16 bits per heavy atom. The van der Waals surface area contributed by atoms with E-state index in [9.17, 15) is 14.4 Å². The second-order valence-corrected chi connectivity index (χ2v) is 6.70. The number of hydrogen-bond donors (Lipinski definition) is 2. The second-order valence-electron chi connectivity index (χ2n) is 6.70. The van der Waals surface area contributed by atoms with Crippen molar-refractivity contribution in [3.63, 3.8) is 0 Å². The van der Waals surface area contributed by atoms with Crippen LogP contribution < -0.4 is 10.6 Å². The molecule has 1 atom stereocenters. The predicted molar refractivity (Wildman–Crippen MR) is 94.8 cm³/mol. The molecule has 1 saturated heterocycles. The Labute approximate surface area is 146 Å². The summed E-state index contributed by atoms with van der Waals surface area (Å²) >= 11 is 0. The topological polar surface area (TPSA) is 78.5 Å². The first kappa shape index (κ1) is 17.0. The maximum atomic E-state index is 13.0. The summed E-state index contributed by atoms with van der Waals surface area (Å²) in [6.45, 7) is 5.03. The molecule has 0 aliphatic carbocycles. The number of carbonyl (C=O) groups is 3. The highest BCUT2D eigenvalue weighted by Gasteiger charge is 2.50. The number of amides is 4. The fourth-order valence-electron chi connectivity index (χ4n) is 3.20. The minimum atomic E-state index is -1.20. The molecule has 1 heterocycles. The van der Waals surface area contributed by atoms with E-state index in [4.69, 9.17) is 0 Å². The Hall–Kier alpha value is -2.89. The molecule has 0 saturated carbocycles. The standard InChI is InChI=1S/C19H21N3O3/c1-12(2)20-16(23)11-22-17(24)19(3,21-18(22)25)15-10-6-8-13-7-4-5-9-14(13)15/h4-10,12H,11H2,1-3H3,(H,20,23)(H,21,25)/t19-/m0/s1. The van der Waals surface area contributed by atoms with Crippen molar-refractivity contribution in [3.8, 4) is 0 Å². The van der Waals surface area contributed by atoms with Gasteiger partial charge in [0.2, 0.25) is 5.91 Å². The van der Waals surface area contributed by atoms with Gasteiger partial charge in [0, 0.05) is 6.04 Å². The van der Waals surface area contributed by atoms with E-state index in [2.05, 4.69) is 10.6 Å². The number of carbonyl (C=O) groups excluding carboxylic acids is 3. The van der Waals surface area contributed by atoms with Gasteiger partial charge in [-0.15, -0.1) is 0 Å². The van der Waals surface area contributed by atoms with Gasteiger partial charge >= 0.3 is 6.03 Å². The van der Waals surface area contributed by atoms with Gasteiger partial charge in [-0.05, 0) is 37.1 Å². The van der Waals surface area contributed by atoms with Crippen LogP contribution in [-0.4, -0.2) is 35.3 Å². The van der Waals surface area contributed by atoms with E-state index in [1.54, 1.807) is 6.92 Å². The smallest absolute Gasteiger partial charge is 0.325 e. The third kappa shape index (κ3) is 2.95. The highest BCUT2D eigenvalue weighted by atomic mass is 16.2. The largest absolute Gasteiger partial charge is 0.352 e. The lowest BCUT2D eigenvalue weighted by Crippen LogP contribution is -2.44. The lowest BCUT2D eigenvalue weighted by atomic mass is 9.88. The Balaban J connectivity index is 1.95. The molecular weight excluding hydrogens is 318 g/mol. The maximum Gasteiger partial charge on any atom is 0.325 e. The Bertz CT molecular complexity index is 857. The van der Waals surface area contributed by atoms with E-state index in [-0.39, 0.29) is 18.5 Å². The van der Waals surface area contributed by atoms with Crippen molar-refractivity contribution in [1.29, 1.82) is 0 Å². The first-order valence-corrected chi connectivity index (χ1v) is 8.24. The van der Waals surface area contributed by atoms with Crippen LogP contribution in [0.5, 0.6) is 0 Å². The average Bonchev–Trinajstić information content (AvgIpc) is 2.78. The van der Waals surface area contributed by atoms with Crippen LogP contribution in [0.1, 0.15) is 26.3 Å².